The Hall–Kier alpha value is -3.43. The molecule has 35 heavy (non-hydrogen) atoms. The lowest BCUT2D eigenvalue weighted by Crippen LogP contribution is -2.51. The number of carbonyl (C=O) groups excluding carboxylic acids is 2. The van der Waals surface area contributed by atoms with E-state index in [2.05, 4.69) is 34.9 Å². The van der Waals surface area contributed by atoms with Gasteiger partial charge in [0.15, 0.2) is 0 Å². The van der Waals surface area contributed by atoms with Gasteiger partial charge in [0.05, 0.1) is 0 Å². The van der Waals surface area contributed by atoms with Gasteiger partial charge in [-0.05, 0) is 42.8 Å². The molecule has 0 aromatic heterocycles. The molecule has 4 rings (SSSR count). The minimum absolute atomic E-state index is 0.0360. The van der Waals surface area contributed by atoms with Gasteiger partial charge in [-0.15, -0.1) is 0 Å². The standard InChI is InChI=1S/C26H31N3O6/c1-29(2)14-22(25(31)32)28-24(30)23-16(11-12-34-23)13-27-26(33)35-15-21-19-9-5-3-7-17(19)18-8-4-6-10-20(18)21/h3-10,16,21-23H,11-15H2,1-2H3,(H,27,33)(H,28,30)(H,31,32)/t16-,22-,23-/m0/s1. The first kappa shape index (κ1) is 24.7. The summed E-state index contributed by atoms with van der Waals surface area (Å²) in [4.78, 5) is 38.3. The first-order valence-corrected chi connectivity index (χ1v) is 11.7. The van der Waals surface area contributed by atoms with Gasteiger partial charge in [0.2, 0.25) is 5.91 Å². The predicted octanol–water partition coefficient (Wildman–Crippen LogP) is 2.06. The van der Waals surface area contributed by atoms with Crippen molar-refractivity contribution >= 4 is 18.0 Å². The van der Waals surface area contributed by atoms with Crippen molar-refractivity contribution in [3.63, 3.8) is 0 Å². The van der Waals surface area contributed by atoms with Crippen LogP contribution in [-0.2, 0) is 19.1 Å². The molecule has 2 aliphatic rings. The Balaban J connectivity index is 1.30. The van der Waals surface area contributed by atoms with Crippen LogP contribution < -0.4 is 10.6 Å². The zero-order valence-corrected chi connectivity index (χ0v) is 19.9. The van der Waals surface area contributed by atoms with Crippen LogP contribution in [0.25, 0.3) is 11.1 Å². The molecule has 2 aromatic rings. The van der Waals surface area contributed by atoms with Crippen molar-refractivity contribution in [3.05, 3.63) is 59.7 Å². The molecule has 0 spiro atoms. The van der Waals surface area contributed by atoms with E-state index in [0.29, 0.717) is 13.0 Å². The van der Waals surface area contributed by atoms with E-state index in [-0.39, 0.29) is 31.5 Å². The average molecular weight is 482 g/mol. The Morgan fingerprint density at radius 2 is 1.71 bits per heavy atom. The number of hydrogen-bond acceptors (Lipinski definition) is 6. The van der Waals surface area contributed by atoms with Crippen LogP contribution in [0.4, 0.5) is 4.79 Å². The maximum atomic E-state index is 12.7. The Kier molecular flexibility index (Phi) is 7.67. The molecule has 0 unspecified atom stereocenters. The first-order valence-electron chi connectivity index (χ1n) is 11.7. The van der Waals surface area contributed by atoms with Gasteiger partial charge in [0, 0.05) is 31.5 Å². The zero-order valence-electron chi connectivity index (χ0n) is 19.9. The number of alkyl carbamates (subject to hydrolysis) is 1. The molecule has 3 N–H and O–H groups in total. The second kappa shape index (κ2) is 10.9. The third-order valence-corrected chi connectivity index (χ3v) is 6.49. The topological polar surface area (TPSA) is 117 Å². The van der Waals surface area contributed by atoms with Crippen LogP contribution in [0.5, 0.6) is 0 Å². The van der Waals surface area contributed by atoms with Gasteiger partial charge < -0.3 is 30.1 Å². The second-order valence-corrected chi connectivity index (χ2v) is 9.21. The summed E-state index contributed by atoms with van der Waals surface area (Å²) in [6.07, 6.45) is -0.811. The number of carbonyl (C=O) groups is 3. The monoisotopic (exact) mass is 481 g/mol. The molecule has 1 aliphatic carbocycles. The largest absolute Gasteiger partial charge is 0.480 e. The molecule has 1 fully saturated rings. The van der Waals surface area contributed by atoms with Crippen molar-refractivity contribution < 1.29 is 29.0 Å². The molecule has 1 heterocycles. The molecule has 0 radical (unpaired) electrons. The van der Waals surface area contributed by atoms with Gasteiger partial charge in [-0.2, -0.15) is 0 Å². The van der Waals surface area contributed by atoms with Crippen molar-refractivity contribution in [1.82, 2.24) is 15.5 Å². The van der Waals surface area contributed by atoms with Crippen LogP contribution in [0.15, 0.2) is 48.5 Å². The van der Waals surface area contributed by atoms with Crippen LogP contribution in [0.3, 0.4) is 0 Å². The van der Waals surface area contributed by atoms with Gasteiger partial charge in [-0.1, -0.05) is 48.5 Å². The van der Waals surface area contributed by atoms with E-state index >= 15 is 0 Å². The highest BCUT2D eigenvalue weighted by Gasteiger charge is 2.36. The Morgan fingerprint density at radius 1 is 1.09 bits per heavy atom. The van der Waals surface area contributed by atoms with Crippen LogP contribution in [0.1, 0.15) is 23.5 Å². The summed E-state index contributed by atoms with van der Waals surface area (Å²) in [6, 6.07) is 15.2. The van der Waals surface area contributed by atoms with Crippen molar-refractivity contribution in [2.45, 2.75) is 24.5 Å². The molecule has 9 nitrogen and oxygen atoms in total. The van der Waals surface area contributed by atoms with Crippen LogP contribution in [0.2, 0.25) is 0 Å². The number of nitrogens with one attached hydrogen (secondary N) is 2. The minimum atomic E-state index is -1.11. The lowest BCUT2D eigenvalue weighted by Gasteiger charge is -2.23. The number of benzene rings is 2. The second-order valence-electron chi connectivity index (χ2n) is 9.21. The highest BCUT2D eigenvalue weighted by Crippen LogP contribution is 2.44. The smallest absolute Gasteiger partial charge is 0.407 e. The summed E-state index contributed by atoms with van der Waals surface area (Å²) in [5, 5.41) is 14.7. The van der Waals surface area contributed by atoms with Crippen LogP contribution >= 0.6 is 0 Å². The molecule has 0 bridgehead atoms. The Labute approximate surface area is 204 Å². The number of ether oxygens (including phenoxy) is 2. The third-order valence-electron chi connectivity index (χ3n) is 6.49. The molecule has 1 aliphatic heterocycles. The summed E-state index contributed by atoms with van der Waals surface area (Å²) >= 11 is 0. The van der Waals surface area contributed by atoms with E-state index in [9.17, 15) is 19.5 Å². The van der Waals surface area contributed by atoms with E-state index in [1.165, 1.54) is 0 Å². The number of hydrogen-bond donors (Lipinski definition) is 3. The summed E-state index contributed by atoms with van der Waals surface area (Å²) in [5.41, 5.74) is 4.58. The maximum Gasteiger partial charge on any atom is 0.407 e. The molecule has 1 saturated heterocycles. The molecule has 0 saturated carbocycles. The molecular formula is C26H31N3O6. The molecule has 3 atom stereocenters. The average Bonchev–Trinajstić information content (AvgIpc) is 3.43. The molecule has 186 valence electrons. The minimum Gasteiger partial charge on any atom is -0.480 e. The van der Waals surface area contributed by atoms with Gasteiger partial charge >= 0.3 is 12.1 Å². The fourth-order valence-corrected chi connectivity index (χ4v) is 4.80. The van der Waals surface area contributed by atoms with Crippen LogP contribution in [-0.4, -0.2) is 80.5 Å². The van der Waals surface area contributed by atoms with E-state index in [0.717, 1.165) is 22.3 Å². The van der Waals surface area contributed by atoms with Gasteiger partial charge in [-0.25, -0.2) is 9.59 Å². The number of amides is 2. The Morgan fingerprint density at radius 3 is 2.31 bits per heavy atom. The SMILES string of the molecule is CN(C)C[C@H](NC(=O)[C@H]1OCC[C@H]1CNC(=O)OCC1c2ccccc2-c2ccccc21)C(=O)O. The number of rotatable bonds is 9. The zero-order chi connectivity index (χ0) is 24.9. The molecule has 2 amide bonds. The van der Waals surface area contributed by atoms with Gasteiger partial charge in [-0.3, -0.25) is 4.79 Å². The lowest BCUT2D eigenvalue weighted by atomic mass is 9.98. The fraction of sp³-hybridized carbons (Fsp3) is 0.423. The quantitative estimate of drug-likeness (QED) is 0.502. The van der Waals surface area contributed by atoms with Crippen molar-refractivity contribution in [3.8, 4) is 11.1 Å². The van der Waals surface area contributed by atoms with Crippen molar-refractivity contribution in [2.24, 2.45) is 5.92 Å². The molecular weight excluding hydrogens is 450 g/mol. The van der Waals surface area contributed by atoms with E-state index in [1.54, 1.807) is 19.0 Å². The van der Waals surface area contributed by atoms with E-state index < -0.39 is 30.1 Å². The summed E-state index contributed by atoms with van der Waals surface area (Å²) in [5.74, 6) is -1.91. The number of nitrogens with zero attached hydrogens (tertiary/aromatic N) is 1. The normalized spacial score (nSPS) is 19.6. The number of fused-ring (bicyclic) bond motifs is 3. The maximum absolute atomic E-state index is 12.7. The lowest BCUT2D eigenvalue weighted by molar-refractivity contribution is -0.144. The van der Waals surface area contributed by atoms with Gasteiger partial charge in [0.1, 0.15) is 18.8 Å². The fourth-order valence-electron chi connectivity index (χ4n) is 4.80. The molecule has 9 heteroatoms. The van der Waals surface area contributed by atoms with E-state index in [1.807, 2.05) is 24.3 Å². The Bertz CT molecular complexity index is 1040. The van der Waals surface area contributed by atoms with Crippen LogP contribution in [0, 0.1) is 5.92 Å². The predicted molar refractivity (Wildman–Crippen MR) is 129 cm³/mol. The number of likely N-dealkylation sites (N-methyl/N-ethyl adjacent to an activating group) is 1. The van der Waals surface area contributed by atoms with Gasteiger partial charge in [0.25, 0.3) is 0 Å². The number of aliphatic carboxylic acids is 1. The summed E-state index contributed by atoms with van der Waals surface area (Å²) in [6.45, 7) is 0.924. The van der Waals surface area contributed by atoms with Crippen molar-refractivity contribution in [2.75, 3.05) is 40.4 Å². The van der Waals surface area contributed by atoms with Crippen molar-refractivity contribution in [1.29, 1.82) is 0 Å². The summed E-state index contributed by atoms with van der Waals surface area (Å²) in [7, 11) is 3.46. The highest BCUT2D eigenvalue weighted by molar-refractivity contribution is 5.87. The highest BCUT2D eigenvalue weighted by atomic mass is 16.5. The number of carboxylic acids is 1. The third kappa shape index (κ3) is 5.63. The first-order chi connectivity index (χ1) is 16.8. The van der Waals surface area contributed by atoms with E-state index in [4.69, 9.17) is 9.47 Å². The summed E-state index contributed by atoms with van der Waals surface area (Å²) < 4.78 is 11.1. The number of carboxylic acid groups (broad SMARTS) is 1. The molecule has 2 aromatic carbocycles.